The van der Waals surface area contributed by atoms with Gasteiger partial charge in [0.05, 0.1) is 5.69 Å². The molecule has 150 valence electrons. The first kappa shape index (κ1) is 19.2. The number of piperazine rings is 1. The number of nitrogens with one attached hydrogen (secondary N) is 1. The zero-order valence-corrected chi connectivity index (χ0v) is 16.6. The summed E-state index contributed by atoms with van der Waals surface area (Å²) in [6.07, 6.45) is 4.58. The lowest BCUT2D eigenvalue weighted by Crippen LogP contribution is -2.47. The molecule has 1 saturated heterocycles. The Hall–Kier alpha value is -3.12. The molecule has 1 aliphatic rings. The molecule has 0 bridgehead atoms. The van der Waals surface area contributed by atoms with Crippen molar-refractivity contribution in [2.24, 2.45) is 0 Å². The Morgan fingerprint density at radius 1 is 0.897 bits per heavy atom. The Labute approximate surface area is 171 Å². The van der Waals surface area contributed by atoms with Crippen molar-refractivity contribution < 1.29 is 4.79 Å². The maximum atomic E-state index is 12.3. The number of carbonyl (C=O) groups excluding carboxylic acids is 1. The number of hydrogen-bond acceptors (Lipinski definition) is 4. The van der Waals surface area contributed by atoms with E-state index in [1.54, 1.807) is 10.9 Å². The summed E-state index contributed by atoms with van der Waals surface area (Å²) in [5.41, 5.74) is 2.93. The SMILES string of the molecule is O=C(NCCCN1CCN(c2ccccc2)CC1)c1ccc(-n2cccn2)cc1. The van der Waals surface area contributed by atoms with Gasteiger partial charge in [-0.05, 0) is 55.4 Å². The molecular formula is C23H27N5O. The molecule has 6 nitrogen and oxygen atoms in total. The van der Waals surface area contributed by atoms with Gasteiger partial charge in [0.1, 0.15) is 0 Å². The molecule has 0 atom stereocenters. The molecule has 0 radical (unpaired) electrons. The van der Waals surface area contributed by atoms with Gasteiger partial charge >= 0.3 is 0 Å². The fourth-order valence-electron chi connectivity index (χ4n) is 3.66. The Balaban J connectivity index is 1.16. The molecule has 29 heavy (non-hydrogen) atoms. The predicted octanol–water partition coefficient (Wildman–Crippen LogP) is 2.81. The van der Waals surface area contributed by atoms with Crippen molar-refractivity contribution in [2.75, 3.05) is 44.2 Å². The Morgan fingerprint density at radius 2 is 1.66 bits per heavy atom. The van der Waals surface area contributed by atoms with Gasteiger partial charge in [-0.1, -0.05) is 18.2 Å². The van der Waals surface area contributed by atoms with Crippen LogP contribution in [0.3, 0.4) is 0 Å². The molecule has 0 saturated carbocycles. The second kappa shape index (κ2) is 9.39. The number of para-hydroxylation sites is 1. The molecule has 1 fully saturated rings. The smallest absolute Gasteiger partial charge is 0.251 e. The van der Waals surface area contributed by atoms with Gasteiger partial charge in [-0.15, -0.1) is 0 Å². The molecule has 3 aromatic rings. The van der Waals surface area contributed by atoms with Gasteiger partial charge in [0, 0.05) is 56.4 Å². The van der Waals surface area contributed by atoms with Gasteiger partial charge in [0.15, 0.2) is 0 Å². The van der Waals surface area contributed by atoms with Crippen LogP contribution in [-0.2, 0) is 0 Å². The zero-order valence-electron chi connectivity index (χ0n) is 16.6. The van der Waals surface area contributed by atoms with Crippen LogP contribution in [0.4, 0.5) is 5.69 Å². The summed E-state index contributed by atoms with van der Waals surface area (Å²) in [7, 11) is 0. The second-order valence-corrected chi connectivity index (χ2v) is 7.27. The van der Waals surface area contributed by atoms with Gasteiger partial charge in [0.2, 0.25) is 0 Å². The minimum absolute atomic E-state index is 0.0223. The van der Waals surface area contributed by atoms with Gasteiger partial charge in [-0.2, -0.15) is 5.10 Å². The van der Waals surface area contributed by atoms with E-state index in [4.69, 9.17) is 0 Å². The Kier molecular flexibility index (Phi) is 6.22. The van der Waals surface area contributed by atoms with Crippen molar-refractivity contribution in [3.63, 3.8) is 0 Å². The van der Waals surface area contributed by atoms with Crippen molar-refractivity contribution in [1.82, 2.24) is 20.0 Å². The van der Waals surface area contributed by atoms with E-state index in [2.05, 4.69) is 50.5 Å². The highest BCUT2D eigenvalue weighted by molar-refractivity contribution is 5.94. The quantitative estimate of drug-likeness (QED) is 0.632. The fourth-order valence-corrected chi connectivity index (χ4v) is 3.66. The number of aromatic nitrogens is 2. The van der Waals surface area contributed by atoms with Crippen molar-refractivity contribution in [3.05, 3.63) is 78.6 Å². The molecule has 0 unspecified atom stereocenters. The van der Waals surface area contributed by atoms with Gasteiger partial charge in [-0.25, -0.2) is 4.68 Å². The van der Waals surface area contributed by atoms with E-state index in [0.717, 1.165) is 44.8 Å². The van der Waals surface area contributed by atoms with Crippen LogP contribution in [0.5, 0.6) is 0 Å². The van der Waals surface area contributed by atoms with Crippen LogP contribution in [-0.4, -0.2) is 59.9 Å². The molecule has 1 amide bonds. The minimum Gasteiger partial charge on any atom is -0.369 e. The van der Waals surface area contributed by atoms with Gasteiger partial charge in [0.25, 0.3) is 5.91 Å². The van der Waals surface area contributed by atoms with E-state index in [9.17, 15) is 4.79 Å². The number of amides is 1. The molecule has 2 heterocycles. The van der Waals surface area contributed by atoms with Crippen LogP contribution in [0.2, 0.25) is 0 Å². The summed E-state index contributed by atoms with van der Waals surface area (Å²) >= 11 is 0. The predicted molar refractivity (Wildman–Crippen MR) is 116 cm³/mol. The van der Waals surface area contributed by atoms with E-state index in [1.807, 2.05) is 36.5 Å². The van der Waals surface area contributed by atoms with Crippen molar-refractivity contribution >= 4 is 11.6 Å². The summed E-state index contributed by atoms with van der Waals surface area (Å²) in [6.45, 7) is 5.95. The average Bonchev–Trinajstić information content (AvgIpc) is 3.33. The maximum absolute atomic E-state index is 12.3. The van der Waals surface area contributed by atoms with Crippen LogP contribution in [0.1, 0.15) is 16.8 Å². The topological polar surface area (TPSA) is 53.4 Å². The molecular weight excluding hydrogens is 362 g/mol. The first-order chi connectivity index (χ1) is 14.3. The summed E-state index contributed by atoms with van der Waals surface area (Å²) in [4.78, 5) is 17.3. The second-order valence-electron chi connectivity index (χ2n) is 7.27. The number of benzene rings is 2. The largest absolute Gasteiger partial charge is 0.369 e. The van der Waals surface area contributed by atoms with Crippen LogP contribution in [0, 0.1) is 0 Å². The van der Waals surface area contributed by atoms with Crippen molar-refractivity contribution in [1.29, 1.82) is 0 Å². The molecule has 1 aromatic heterocycles. The van der Waals surface area contributed by atoms with Gasteiger partial charge in [-0.3, -0.25) is 9.69 Å². The standard InChI is InChI=1S/C23H27N5O/c29-23(20-8-10-22(11-9-20)28-15-5-13-25-28)24-12-4-14-26-16-18-27(19-17-26)21-6-2-1-3-7-21/h1-3,5-11,13,15H,4,12,14,16-19H2,(H,24,29). The minimum atomic E-state index is -0.0223. The zero-order chi connectivity index (χ0) is 19.9. The van der Waals surface area contributed by atoms with Crippen LogP contribution < -0.4 is 10.2 Å². The highest BCUT2D eigenvalue weighted by Crippen LogP contribution is 2.15. The molecule has 0 aliphatic carbocycles. The Morgan fingerprint density at radius 3 is 2.34 bits per heavy atom. The summed E-state index contributed by atoms with van der Waals surface area (Å²) in [5, 5.41) is 7.23. The number of nitrogens with zero attached hydrogens (tertiary/aromatic N) is 4. The van der Waals surface area contributed by atoms with Crippen molar-refractivity contribution in [2.45, 2.75) is 6.42 Å². The van der Waals surface area contributed by atoms with Crippen molar-refractivity contribution in [3.8, 4) is 5.69 Å². The van der Waals surface area contributed by atoms with Gasteiger partial charge < -0.3 is 10.2 Å². The van der Waals surface area contributed by atoms with E-state index >= 15 is 0 Å². The van der Waals surface area contributed by atoms with E-state index in [1.165, 1.54) is 5.69 Å². The average molecular weight is 390 g/mol. The number of rotatable bonds is 7. The summed E-state index contributed by atoms with van der Waals surface area (Å²) < 4.78 is 1.78. The third kappa shape index (κ3) is 5.03. The normalized spacial score (nSPS) is 14.7. The summed E-state index contributed by atoms with van der Waals surface area (Å²) in [6, 6.07) is 20.0. The molecule has 6 heteroatoms. The molecule has 4 rings (SSSR count). The monoisotopic (exact) mass is 389 g/mol. The van der Waals surface area contributed by atoms with E-state index < -0.39 is 0 Å². The van der Waals surface area contributed by atoms with Crippen LogP contribution >= 0.6 is 0 Å². The molecule has 0 spiro atoms. The lowest BCUT2D eigenvalue weighted by atomic mass is 10.2. The first-order valence-electron chi connectivity index (χ1n) is 10.2. The molecule has 1 N–H and O–H groups in total. The first-order valence-corrected chi connectivity index (χ1v) is 10.2. The lowest BCUT2D eigenvalue weighted by molar-refractivity contribution is 0.0951. The Bertz CT molecular complexity index is 885. The van der Waals surface area contributed by atoms with E-state index in [-0.39, 0.29) is 5.91 Å². The fraction of sp³-hybridized carbons (Fsp3) is 0.304. The maximum Gasteiger partial charge on any atom is 0.251 e. The van der Waals surface area contributed by atoms with Crippen LogP contribution in [0.25, 0.3) is 5.69 Å². The number of carbonyl (C=O) groups is 1. The highest BCUT2D eigenvalue weighted by atomic mass is 16.1. The summed E-state index contributed by atoms with van der Waals surface area (Å²) in [5.74, 6) is -0.0223. The molecule has 2 aromatic carbocycles. The van der Waals surface area contributed by atoms with Crippen LogP contribution in [0.15, 0.2) is 73.1 Å². The third-order valence-corrected chi connectivity index (χ3v) is 5.33. The van der Waals surface area contributed by atoms with E-state index in [0.29, 0.717) is 12.1 Å². The third-order valence-electron chi connectivity index (χ3n) is 5.33. The molecule has 1 aliphatic heterocycles. The highest BCUT2D eigenvalue weighted by Gasteiger charge is 2.16. The number of anilines is 1. The number of hydrogen-bond donors (Lipinski definition) is 1. The lowest BCUT2D eigenvalue weighted by Gasteiger charge is -2.36.